The molecule has 0 aliphatic heterocycles. The molecule has 0 spiro atoms. The Kier molecular flexibility index (Phi) is 3.79. The summed E-state index contributed by atoms with van der Waals surface area (Å²) in [5.41, 5.74) is 1.39. The minimum absolute atomic E-state index is 0.152. The first-order valence-corrected chi connectivity index (χ1v) is 7.47. The molecule has 0 unspecified atom stereocenters. The van der Waals surface area contributed by atoms with Crippen molar-refractivity contribution in [1.82, 2.24) is 4.98 Å². The van der Waals surface area contributed by atoms with Crippen molar-refractivity contribution >= 4 is 38.6 Å². The third-order valence-electron chi connectivity index (χ3n) is 3.29. The Morgan fingerprint density at radius 2 is 1.91 bits per heavy atom. The number of aromatic carboxylic acids is 1. The quantitative estimate of drug-likeness (QED) is 0.767. The molecule has 0 saturated heterocycles. The van der Waals surface area contributed by atoms with Crippen molar-refractivity contribution in [2.75, 3.05) is 5.32 Å². The average Bonchev–Trinajstić information content (AvgIpc) is 2.90. The molecule has 23 heavy (non-hydrogen) atoms. The van der Waals surface area contributed by atoms with Gasteiger partial charge in [-0.3, -0.25) is 10.1 Å². The highest BCUT2D eigenvalue weighted by Gasteiger charge is 2.12. The number of hydrogen-bond acceptors (Lipinski definition) is 4. The van der Waals surface area contributed by atoms with Crippen LogP contribution in [-0.2, 0) is 0 Å². The summed E-state index contributed by atoms with van der Waals surface area (Å²) in [4.78, 5) is 27.3. The van der Waals surface area contributed by atoms with E-state index in [1.165, 1.54) is 30.3 Å². The number of halogens is 1. The molecule has 3 aromatic rings. The van der Waals surface area contributed by atoms with Crippen LogP contribution in [-0.4, -0.2) is 22.0 Å². The summed E-state index contributed by atoms with van der Waals surface area (Å²) in [6, 6.07) is 8.75. The van der Waals surface area contributed by atoms with Crippen LogP contribution in [0.25, 0.3) is 10.2 Å². The summed E-state index contributed by atoms with van der Waals surface area (Å²) in [5.74, 6) is -1.95. The number of rotatable bonds is 3. The number of thiazole rings is 1. The van der Waals surface area contributed by atoms with Crippen molar-refractivity contribution < 1.29 is 19.1 Å². The van der Waals surface area contributed by atoms with E-state index >= 15 is 0 Å². The number of anilines is 1. The first-order chi connectivity index (χ1) is 10.9. The second kappa shape index (κ2) is 5.77. The van der Waals surface area contributed by atoms with Crippen molar-refractivity contribution in [1.29, 1.82) is 0 Å². The molecule has 1 aromatic heterocycles. The average molecular weight is 330 g/mol. The number of nitrogens with zero attached hydrogens (tertiary/aromatic N) is 1. The molecule has 7 heteroatoms. The molecular weight excluding hydrogens is 319 g/mol. The van der Waals surface area contributed by atoms with Crippen LogP contribution in [0.15, 0.2) is 36.4 Å². The van der Waals surface area contributed by atoms with Crippen molar-refractivity contribution in [3.8, 4) is 0 Å². The highest BCUT2D eigenvalue weighted by atomic mass is 32.1. The number of benzene rings is 2. The molecule has 0 saturated carbocycles. The molecule has 0 aliphatic rings. The third kappa shape index (κ3) is 3.04. The third-order valence-corrected chi connectivity index (χ3v) is 4.22. The van der Waals surface area contributed by atoms with Gasteiger partial charge in [-0.2, -0.15) is 0 Å². The number of amides is 1. The maximum absolute atomic E-state index is 13.5. The van der Waals surface area contributed by atoms with Gasteiger partial charge in [-0.05, 0) is 42.8 Å². The summed E-state index contributed by atoms with van der Waals surface area (Å²) < 4.78 is 14.2. The number of carboxylic acids is 1. The minimum atomic E-state index is -1.03. The van der Waals surface area contributed by atoms with Gasteiger partial charge in [0, 0.05) is 5.56 Å². The zero-order chi connectivity index (χ0) is 16.6. The maximum Gasteiger partial charge on any atom is 0.335 e. The smallest absolute Gasteiger partial charge is 0.335 e. The number of carbonyl (C=O) groups excluding carboxylic acids is 1. The lowest BCUT2D eigenvalue weighted by atomic mass is 10.1. The predicted octanol–water partition coefficient (Wildman–Crippen LogP) is 3.69. The summed E-state index contributed by atoms with van der Waals surface area (Å²) in [6.07, 6.45) is 0. The fraction of sp³-hybridized carbons (Fsp3) is 0.0625. The largest absolute Gasteiger partial charge is 0.478 e. The van der Waals surface area contributed by atoms with Crippen LogP contribution in [0.5, 0.6) is 0 Å². The number of carboxylic acid groups (broad SMARTS) is 1. The molecule has 116 valence electrons. The molecule has 0 fully saturated rings. The standard InChI is InChI=1S/C16H11FN2O3S/c1-8-2-3-9(6-11(8)17)14(20)19-16-18-12-5-4-10(15(21)22)7-13(12)23-16/h2-7H,1H3,(H,21,22)(H,18,19,20). The van der Waals surface area contributed by atoms with E-state index in [1.54, 1.807) is 13.0 Å². The number of hydrogen-bond donors (Lipinski definition) is 2. The Balaban J connectivity index is 1.87. The topological polar surface area (TPSA) is 79.3 Å². The van der Waals surface area contributed by atoms with E-state index < -0.39 is 17.7 Å². The first-order valence-electron chi connectivity index (χ1n) is 6.65. The van der Waals surface area contributed by atoms with Crippen molar-refractivity contribution in [2.45, 2.75) is 6.92 Å². The fourth-order valence-corrected chi connectivity index (χ4v) is 2.91. The van der Waals surface area contributed by atoms with Crippen molar-refractivity contribution in [2.24, 2.45) is 0 Å². The van der Waals surface area contributed by atoms with Crippen molar-refractivity contribution in [3.05, 3.63) is 58.9 Å². The Morgan fingerprint density at radius 1 is 1.17 bits per heavy atom. The van der Waals surface area contributed by atoms with E-state index in [-0.39, 0.29) is 11.1 Å². The molecule has 0 aliphatic carbocycles. The molecule has 1 heterocycles. The number of nitrogens with one attached hydrogen (secondary N) is 1. The summed E-state index contributed by atoms with van der Waals surface area (Å²) >= 11 is 1.16. The highest BCUT2D eigenvalue weighted by molar-refractivity contribution is 7.22. The van der Waals surface area contributed by atoms with Gasteiger partial charge >= 0.3 is 5.97 Å². The van der Waals surface area contributed by atoms with E-state index in [0.717, 1.165) is 11.3 Å². The molecule has 2 aromatic carbocycles. The second-order valence-electron chi connectivity index (χ2n) is 4.92. The van der Waals surface area contributed by atoms with E-state index in [1.807, 2.05) is 0 Å². The van der Waals surface area contributed by atoms with Gasteiger partial charge in [-0.25, -0.2) is 14.2 Å². The maximum atomic E-state index is 13.5. The van der Waals surface area contributed by atoms with Gasteiger partial charge < -0.3 is 5.11 Å². The van der Waals surface area contributed by atoms with E-state index in [9.17, 15) is 14.0 Å². The van der Waals surface area contributed by atoms with E-state index in [0.29, 0.717) is 20.9 Å². The van der Waals surface area contributed by atoms with Crippen LogP contribution >= 0.6 is 11.3 Å². The molecule has 2 N–H and O–H groups in total. The van der Waals surface area contributed by atoms with Crippen LogP contribution < -0.4 is 5.32 Å². The van der Waals surface area contributed by atoms with Gasteiger partial charge in [0.05, 0.1) is 15.8 Å². The monoisotopic (exact) mass is 330 g/mol. The zero-order valence-electron chi connectivity index (χ0n) is 12.0. The van der Waals surface area contributed by atoms with Gasteiger partial charge in [0.25, 0.3) is 5.91 Å². The van der Waals surface area contributed by atoms with Crippen molar-refractivity contribution in [3.63, 3.8) is 0 Å². The van der Waals surface area contributed by atoms with Crippen LogP contribution in [0.3, 0.4) is 0 Å². The molecule has 0 bridgehead atoms. The van der Waals surface area contributed by atoms with Gasteiger partial charge in [0.1, 0.15) is 5.82 Å². The number of fused-ring (bicyclic) bond motifs is 1. The Labute approximate surface area is 134 Å². The summed E-state index contributed by atoms with van der Waals surface area (Å²) in [6.45, 7) is 1.62. The van der Waals surface area contributed by atoms with E-state index in [2.05, 4.69) is 10.3 Å². The minimum Gasteiger partial charge on any atom is -0.478 e. The second-order valence-corrected chi connectivity index (χ2v) is 5.96. The molecule has 1 amide bonds. The molecule has 5 nitrogen and oxygen atoms in total. The van der Waals surface area contributed by atoms with Crippen LogP contribution in [0.1, 0.15) is 26.3 Å². The Hall–Kier alpha value is -2.80. The lowest BCUT2D eigenvalue weighted by molar-refractivity contribution is 0.0697. The Morgan fingerprint density at radius 3 is 2.61 bits per heavy atom. The lowest BCUT2D eigenvalue weighted by Crippen LogP contribution is -2.12. The lowest BCUT2D eigenvalue weighted by Gasteiger charge is -2.03. The summed E-state index contributed by atoms with van der Waals surface area (Å²) in [5, 5.41) is 11.9. The van der Waals surface area contributed by atoms with E-state index in [4.69, 9.17) is 5.11 Å². The van der Waals surface area contributed by atoms with Gasteiger partial charge in [-0.1, -0.05) is 17.4 Å². The first kappa shape index (κ1) is 15.1. The van der Waals surface area contributed by atoms with Crippen LogP contribution in [0.2, 0.25) is 0 Å². The SMILES string of the molecule is Cc1ccc(C(=O)Nc2nc3ccc(C(=O)O)cc3s2)cc1F. The van der Waals surface area contributed by atoms with Gasteiger partial charge in [0.2, 0.25) is 0 Å². The highest BCUT2D eigenvalue weighted by Crippen LogP contribution is 2.27. The Bertz CT molecular complexity index is 936. The molecular formula is C16H11FN2O3S. The number of aryl methyl sites for hydroxylation is 1. The molecule has 0 radical (unpaired) electrons. The number of aromatic nitrogens is 1. The van der Waals surface area contributed by atoms with Gasteiger partial charge in [-0.15, -0.1) is 0 Å². The fourth-order valence-electron chi connectivity index (χ4n) is 2.01. The van der Waals surface area contributed by atoms with Crippen LogP contribution in [0, 0.1) is 12.7 Å². The predicted molar refractivity (Wildman–Crippen MR) is 85.7 cm³/mol. The normalized spacial score (nSPS) is 10.7. The summed E-state index contributed by atoms with van der Waals surface area (Å²) in [7, 11) is 0. The molecule has 3 rings (SSSR count). The molecule has 0 atom stereocenters. The number of carbonyl (C=O) groups is 2. The van der Waals surface area contributed by atoms with Crippen LogP contribution in [0.4, 0.5) is 9.52 Å². The van der Waals surface area contributed by atoms with Gasteiger partial charge in [0.15, 0.2) is 5.13 Å². The zero-order valence-corrected chi connectivity index (χ0v) is 12.8.